The molecule has 0 radical (unpaired) electrons. The summed E-state index contributed by atoms with van der Waals surface area (Å²) in [5.41, 5.74) is 1.11. The number of methoxy groups -OCH3 is 1. The van der Waals surface area contributed by atoms with Crippen molar-refractivity contribution in [1.82, 2.24) is 4.90 Å². The number of rotatable bonds is 2. The van der Waals surface area contributed by atoms with E-state index in [0.717, 1.165) is 4.90 Å². The van der Waals surface area contributed by atoms with Crippen LogP contribution in [0.3, 0.4) is 0 Å². The van der Waals surface area contributed by atoms with Gasteiger partial charge in [-0.1, -0.05) is 0 Å². The molecule has 2 aliphatic rings. The second-order valence-electron chi connectivity index (χ2n) is 5.33. The molecule has 3 amide bonds. The Morgan fingerprint density at radius 2 is 1.86 bits per heavy atom. The molecular formula is C15H14N2O5. The van der Waals surface area contributed by atoms with Gasteiger partial charge in [-0.2, -0.15) is 0 Å². The minimum Gasteiger partial charge on any atom is -0.469 e. The molecule has 0 aliphatic carbocycles. The van der Waals surface area contributed by atoms with Gasteiger partial charge in [0.15, 0.2) is 0 Å². The molecule has 22 heavy (non-hydrogen) atoms. The summed E-state index contributed by atoms with van der Waals surface area (Å²) >= 11 is 0. The number of anilines is 1. The van der Waals surface area contributed by atoms with Crippen LogP contribution in [0, 0.1) is 5.92 Å². The van der Waals surface area contributed by atoms with Gasteiger partial charge in [0.05, 0.1) is 24.2 Å². The molecule has 114 valence electrons. The van der Waals surface area contributed by atoms with Crippen LogP contribution >= 0.6 is 0 Å². The van der Waals surface area contributed by atoms with E-state index in [1.165, 1.54) is 31.2 Å². The fourth-order valence-electron chi connectivity index (χ4n) is 2.80. The SMILES string of the molecule is COC(=O)[C@@H]1CC(=O)N(c2ccc3c(c2)C(=O)N(C)C3=O)C1. The van der Waals surface area contributed by atoms with Crippen LogP contribution in [0.25, 0.3) is 0 Å². The number of amides is 3. The Kier molecular flexibility index (Phi) is 3.20. The number of hydrogen-bond acceptors (Lipinski definition) is 5. The largest absolute Gasteiger partial charge is 0.469 e. The van der Waals surface area contributed by atoms with E-state index in [1.54, 1.807) is 6.07 Å². The molecule has 1 saturated heterocycles. The van der Waals surface area contributed by atoms with Crippen molar-refractivity contribution in [3.8, 4) is 0 Å². The Labute approximate surface area is 126 Å². The van der Waals surface area contributed by atoms with Gasteiger partial charge >= 0.3 is 5.97 Å². The molecule has 0 saturated carbocycles. The zero-order chi connectivity index (χ0) is 16.0. The number of esters is 1. The third-order valence-corrected chi connectivity index (χ3v) is 4.04. The Morgan fingerprint density at radius 1 is 1.18 bits per heavy atom. The molecule has 3 rings (SSSR count). The number of carbonyl (C=O) groups excluding carboxylic acids is 4. The van der Waals surface area contributed by atoms with E-state index in [0.29, 0.717) is 11.3 Å². The van der Waals surface area contributed by atoms with Gasteiger partial charge in [-0.15, -0.1) is 0 Å². The van der Waals surface area contributed by atoms with Crippen molar-refractivity contribution in [3.63, 3.8) is 0 Å². The Bertz CT molecular complexity index is 712. The van der Waals surface area contributed by atoms with E-state index in [2.05, 4.69) is 4.74 Å². The van der Waals surface area contributed by atoms with Crippen molar-refractivity contribution in [1.29, 1.82) is 0 Å². The number of fused-ring (bicyclic) bond motifs is 1. The lowest BCUT2D eigenvalue weighted by Crippen LogP contribution is -2.26. The molecule has 1 atom stereocenters. The smallest absolute Gasteiger partial charge is 0.311 e. The molecule has 2 aliphatic heterocycles. The van der Waals surface area contributed by atoms with Gasteiger partial charge in [0.25, 0.3) is 11.8 Å². The highest BCUT2D eigenvalue weighted by atomic mass is 16.5. The van der Waals surface area contributed by atoms with Crippen LogP contribution in [0.1, 0.15) is 27.1 Å². The van der Waals surface area contributed by atoms with Gasteiger partial charge in [0.1, 0.15) is 0 Å². The lowest BCUT2D eigenvalue weighted by atomic mass is 10.1. The van der Waals surface area contributed by atoms with Crippen LogP contribution in [0.15, 0.2) is 18.2 Å². The lowest BCUT2D eigenvalue weighted by molar-refractivity contribution is -0.145. The number of benzene rings is 1. The van der Waals surface area contributed by atoms with Crippen molar-refractivity contribution in [3.05, 3.63) is 29.3 Å². The van der Waals surface area contributed by atoms with Crippen molar-refractivity contribution in [2.75, 3.05) is 25.6 Å². The van der Waals surface area contributed by atoms with E-state index < -0.39 is 17.8 Å². The topological polar surface area (TPSA) is 84.0 Å². The van der Waals surface area contributed by atoms with Gasteiger partial charge in [0.2, 0.25) is 5.91 Å². The number of nitrogens with zero attached hydrogens (tertiary/aromatic N) is 2. The number of imide groups is 1. The molecule has 1 aromatic rings. The molecule has 1 aromatic carbocycles. The molecule has 7 nitrogen and oxygen atoms in total. The van der Waals surface area contributed by atoms with E-state index in [-0.39, 0.29) is 30.3 Å². The molecule has 1 fully saturated rings. The van der Waals surface area contributed by atoms with Crippen molar-refractivity contribution in [2.45, 2.75) is 6.42 Å². The molecule has 0 aromatic heterocycles. The fraction of sp³-hybridized carbons (Fsp3) is 0.333. The Hall–Kier alpha value is -2.70. The Balaban J connectivity index is 1.92. The summed E-state index contributed by atoms with van der Waals surface area (Å²) in [7, 11) is 2.70. The second-order valence-corrected chi connectivity index (χ2v) is 5.33. The minimum atomic E-state index is -0.509. The molecule has 0 bridgehead atoms. The molecule has 2 heterocycles. The van der Waals surface area contributed by atoms with Gasteiger partial charge in [-0.25, -0.2) is 0 Å². The first-order valence-electron chi connectivity index (χ1n) is 6.78. The summed E-state index contributed by atoms with van der Waals surface area (Å²) in [4.78, 5) is 50.0. The molecular weight excluding hydrogens is 288 g/mol. The first kappa shape index (κ1) is 14.2. The van der Waals surface area contributed by atoms with Crippen molar-refractivity contribution >= 4 is 29.4 Å². The highest BCUT2D eigenvalue weighted by Crippen LogP contribution is 2.30. The van der Waals surface area contributed by atoms with Gasteiger partial charge in [-0.3, -0.25) is 24.1 Å². The van der Waals surface area contributed by atoms with Gasteiger partial charge < -0.3 is 9.64 Å². The van der Waals surface area contributed by atoms with Crippen LogP contribution in [0.2, 0.25) is 0 Å². The molecule has 0 unspecified atom stereocenters. The molecule has 7 heteroatoms. The van der Waals surface area contributed by atoms with Crippen molar-refractivity contribution in [2.24, 2.45) is 5.92 Å². The summed E-state index contributed by atoms with van der Waals surface area (Å²) in [5, 5.41) is 0. The summed E-state index contributed by atoms with van der Waals surface area (Å²) in [5.74, 6) is -1.89. The minimum absolute atomic E-state index is 0.0799. The maximum absolute atomic E-state index is 12.1. The van der Waals surface area contributed by atoms with Crippen LogP contribution in [-0.2, 0) is 14.3 Å². The average Bonchev–Trinajstić information content (AvgIpc) is 3.01. The lowest BCUT2D eigenvalue weighted by Gasteiger charge is -2.16. The van der Waals surface area contributed by atoms with Gasteiger partial charge in [-0.05, 0) is 18.2 Å². The molecule has 0 spiro atoms. The zero-order valence-electron chi connectivity index (χ0n) is 12.2. The number of ether oxygens (including phenoxy) is 1. The zero-order valence-corrected chi connectivity index (χ0v) is 12.2. The monoisotopic (exact) mass is 302 g/mol. The first-order valence-corrected chi connectivity index (χ1v) is 6.78. The second kappa shape index (κ2) is 4.94. The third kappa shape index (κ3) is 1.97. The standard InChI is InChI=1S/C15H14N2O5/c1-16-13(19)10-4-3-9(6-11(10)14(16)20)17-7-8(5-12(17)18)15(21)22-2/h3-4,6,8H,5,7H2,1-2H3/t8-/m1/s1. The van der Waals surface area contributed by atoms with E-state index in [9.17, 15) is 19.2 Å². The summed E-state index contributed by atoms with van der Waals surface area (Å²) in [6.07, 6.45) is 0.0799. The highest BCUT2D eigenvalue weighted by molar-refractivity contribution is 6.21. The predicted octanol–water partition coefficient (Wildman–Crippen LogP) is 0.438. The van der Waals surface area contributed by atoms with Crippen LogP contribution in [0.5, 0.6) is 0 Å². The van der Waals surface area contributed by atoms with E-state index >= 15 is 0 Å². The number of hydrogen-bond donors (Lipinski definition) is 0. The maximum atomic E-state index is 12.1. The summed E-state index contributed by atoms with van der Waals surface area (Å²) < 4.78 is 4.66. The normalized spacial score (nSPS) is 20.6. The van der Waals surface area contributed by atoms with Crippen LogP contribution in [-0.4, -0.2) is 49.3 Å². The predicted molar refractivity (Wildman–Crippen MR) is 75.3 cm³/mol. The fourth-order valence-corrected chi connectivity index (χ4v) is 2.80. The third-order valence-electron chi connectivity index (χ3n) is 4.04. The Morgan fingerprint density at radius 3 is 2.55 bits per heavy atom. The quantitative estimate of drug-likeness (QED) is 0.584. The van der Waals surface area contributed by atoms with E-state index in [4.69, 9.17) is 0 Å². The maximum Gasteiger partial charge on any atom is 0.311 e. The first-order chi connectivity index (χ1) is 10.4. The van der Waals surface area contributed by atoms with E-state index in [1.807, 2.05) is 0 Å². The van der Waals surface area contributed by atoms with Gasteiger partial charge in [0, 0.05) is 25.7 Å². The average molecular weight is 302 g/mol. The highest BCUT2D eigenvalue weighted by Gasteiger charge is 2.38. The summed E-state index contributed by atoms with van der Waals surface area (Å²) in [6.45, 7) is 0.211. The molecule has 0 N–H and O–H groups in total. The van der Waals surface area contributed by atoms with Crippen LogP contribution in [0.4, 0.5) is 5.69 Å². The summed E-state index contributed by atoms with van der Waals surface area (Å²) in [6, 6.07) is 4.67. The number of carbonyl (C=O) groups is 4. The van der Waals surface area contributed by atoms with Crippen LogP contribution < -0.4 is 4.90 Å². The van der Waals surface area contributed by atoms with Crippen molar-refractivity contribution < 1.29 is 23.9 Å².